The molecule has 0 saturated carbocycles. The van der Waals surface area contributed by atoms with Crippen molar-refractivity contribution in [2.24, 2.45) is 5.10 Å². The van der Waals surface area contributed by atoms with Gasteiger partial charge in [0.05, 0.1) is 19.1 Å². The number of nitrogen functional groups attached to an aromatic ring is 1. The first-order valence-corrected chi connectivity index (χ1v) is 10.1. The molecular formula is C20H23N7O2S. The van der Waals surface area contributed by atoms with Crippen molar-refractivity contribution < 1.29 is 9.53 Å². The molecule has 0 aliphatic rings. The average Bonchev–Trinajstić information content (AvgIpc) is 3.09. The van der Waals surface area contributed by atoms with Crippen LogP contribution in [0.2, 0.25) is 0 Å². The molecule has 0 radical (unpaired) electrons. The number of nitrogens with two attached hydrogens (primary N) is 1. The van der Waals surface area contributed by atoms with Crippen LogP contribution in [0.4, 0.5) is 11.6 Å². The van der Waals surface area contributed by atoms with Crippen molar-refractivity contribution in [2.45, 2.75) is 19.0 Å². The summed E-state index contributed by atoms with van der Waals surface area (Å²) in [4.78, 5) is 12.2. The highest BCUT2D eigenvalue weighted by Crippen LogP contribution is 2.18. The van der Waals surface area contributed by atoms with Crippen LogP contribution < -0.4 is 21.3 Å². The Hall–Kier alpha value is -3.53. The van der Waals surface area contributed by atoms with Gasteiger partial charge in [0.25, 0.3) is 5.95 Å². The van der Waals surface area contributed by atoms with Crippen LogP contribution in [-0.2, 0) is 4.79 Å². The van der Waals surface area contributed by atoms with Crippen molar-refractivity contribution >= 4 is 35.5 Å². The molecule has 1 aromatic heterocycles. The summed E-state index contributed by atoms with van der Waals surface area (Å²) in [6.07, 6.45) is 1.62. The van der Waals surface area contributed by atoms with Gasteiger partial charge in [-0.1, -0.05) is 17.8 Å². The number of benzene rings is 2. The number of nitrogens with one attached hydrogen (secondary N) is 2. The average molecular weight is 426 g/mol. The van der Waals surface area contributed by atoms with Crippen LogP contribution in [0.1, 0.15) is 16.7 Å². The third-order valence-electron chi connectivity index (χ3n) is 4.28. The second kappa shape index (κ2) is 9.79. The number of hydrogen-bond acceptors (Lipinski definition) is 8. The molecule has 0 saturated heterocycles. The maximum Gasteiger partial charge on any atom is 0.264 e. The first-order valence-electron chi connectivity index (χ1n) is 9.10. The largest absolute Gasteiger partial charge is 0.497 e. The molecule has 4 N–H and O–H groups in total. The standard InChI is InChI=1S/C20H23N7O2S/c1-13-4-7-16(10-14(13)2)23-18(28)12-30-20-26-25-19(27(20)21)24-22-11-15-5-8-17(29-3)9-6-15/h4-11H,12,21H2,1-3H3,(H,23,28)(H,24,25)/b22-11+. The topological polar surface area (TPSA) is 119 Å². The van der Waals surface area contributed by atoms with E-state index in [0.29, 0.717) is 5.16 Å². The van der Waals surface area contributed by atoms with Gasteiger partial charge in [0.15, 0.2) is 0 Å². The number of aromatic nitrogens is 3. The van der Waals surface area contributed by atoms with Gasteiger partial charge in [-0.2, -0.15) is 5.10 Å². The second-order valence-corrected chi connectivity index (χ2v) is 7.40. The molecular weight excluding hydrogens is 402 g/mol. The van der Waals surface area contributed by atoms with Gasteiger partial charge < -0.3 is 15.9 Å². The Labute approximate surface area is 178 Å². The van der Waals surface area contributed by atoms with Gasteiger partial charge >= 0.3 is 0 Å². The van der Waals surface area contributed by atoms with Crippen molar-refractivity contribution in [3.05, 3.63) is 59.2 Å². The number of carbonyl (C=O) groups excluding carboxylic acids is 1. The van der Waals surface area contributed by atoms with Crippen LogP contribution in [0, 0.1) is 13.8 Å². The number of carbonyl (C=O) groups is 1. The van der Waals surface area contributed by atoms with E-state index < -0.39 is 0 Å². The second-order valence-electron chi connectivity index (χ2n) is 6.46. The van der Waals surface area contributed by atoms with Gasteiger partial charge in [-0.05, 0) is 66.9 Å². The molecule has 3 aromatic rings. The molecule has 30 heavy (non-hydrogen) atoms. The van der Waals surface area contributed by atoms with Crippen LogP contribution >= 0.6 is 11.8 Å². The van der Waals surface area contributed by atoms with E-state index in [2.05, 4.69) is 26.0 Å². The molecule has 0 unspecified atom stereocenters. The van der Waals surface area contributed by atoms with Gasteiger partial charge in [-0.3, -0.25) is 4.79 Å². The van der Waals surface area contributed by atoms with Crippen molar-refractivity contribution in [2.75, 3.05) is 29.4 Å². The van der Waals surface area contributed by atoms with Crippen molar-refractivity contribution in [3.63, 3.8) is 0 Å². The highest BCUT2D eigenvalue weighted by Gasteiger charge is 2.12. The summed E-state index contributed by atoms with van der Waals surface area (Å²) < 4.78 is 6.36. The summed E-state index contributed by atoms with van der Waals surface area (Å²) in [7, 11) is 1.61. The summed E-state index contributed by atoms with van der Waals surface area (Å²) in [5, 5.41) is 15.3. The first-order chi connectivity index (χ1) is 14.5. The number of thioether (sulfide) groups is 1. The molecule has 10 heteroatoms. The zero-order valence-electron chi connectivity index (χ0n) is 16.9. The molecule has 1 heterocycles. The Balaban J connectivity index is 1.52. The lowest BCUT2D eigenvalue weighted by Crippen LogP contribution is -2.17. The fraction of sp³-hybridized carbons (Fsp3) is 0.200. The van der Waals surface area contributed by atoms with E-state index in [9.17, 15) is 4.79 Å². The van der Waals surface area contributed by atoms with Gasteiger partial charge in [0.1, 0.15) is 5.75 Å². The normalized spacial score (nSPS) is 10.9. The van der Waals surface area contributed by atoms with E-state index in [4.69, 9.17) is 10.6 Å². The fourth-order valence-corrected chi connectivity index (χ4v) is 3.11. The molecule has 0 aliphatic carbocycles. The van der Waals surface area contributed by atoms with Crippen LogP contribution in [0.5, 0.6) is 5.75 Å². The maximum absolute atomic E-state index is 12.2. The van der Waals surface area contributed by atoms with Crippen molar-refractivity contribution in [3.8, 4) is 5.75 Å². The van der Waals surface area contributed by atoms with Crippen LogP contribution in [-0.4, -0.2) is 39.9 Å². The highest BCUT2D eigenvalue weighted by molar-refractivity contribution is 7.99. The minimum atomic E-state index is -0.154. The lowest BCUT2D eigenvalue weighted by molar-refractivity contribution is -0.113. The van der Waals surface area contributed by atoms with Crippen LogP contribution in [0.25, 0.3) is 0 Å². The zero-order valence-corrected chi connectivity index (χ0v) is 17.7. The number of nitrogens with zero attached hydrogens (tertiary/aromatic N) is 4. The number of anilines is 2. The lowest BCUT2D eigenvalue weighted by atomic mass is 10.1. The summed E-state index contributed by atoms with van der Waals surface area (Å²) in [5.41, 5.74) is 6.67. The monoisotopic (exact) mass is 425 g/mol. The summed E-state index contributed by atoms with van der Waals surface area (Å²) >= 11 is 1.18. The zero-order chi connectivity index (χ0) is 21.5. The molecule has 0 aliphatic heterocycles. The fourth-order valence-electron chi connectivity index (χ4n) is 2.45. The summed E-state index contributed by atoms with van der Waals surface area (Å²) in [6, 6.07) is 13.2. The number of hydrogen-bond donors (Lipinski definition) is 3. The molecule has 1 amide bonds. The molecule has 156 valence electrons. The van der Waals surface area contributed by atoms with Crippen LogP contribution in [0.15, 0.2) is 52.7 Å². The minimum absolute atomic E-state index is 0.150. The molecule has 2 aromatic carbocycles. The minimum Gasteiger partial charge on any atom is -0.497 e. The lowest BCUT2D eigenvalue weighted by Gasteiger charge is -2.07. The Bertz CT molecular complexity index is 1050. The highest BCUT2D eigenvalue weighted by atomic mass is 32.2. The first kappa shape index (κ1) is 21.2. The molecule has 0 bridgehead atoms. The van der Waals surface area contributed by atoms with E-state index in [1.165, 1.54) is 22.0 Å². The Morgan fingerprint density at radius 1 is 1.20 bits per heavy atom. The molecule has 0 spiro atoms. The summed E-state index contributed by atoms with van der Waals surface area (Å²) in [6.45, 7) is 4.03. The Morgan fingerprint density at radius 2 is 1.97 bits per heavy atom. The Kier molecular flexibility index (Phi) is 6.91. The van der Waals surface area contributed by atoms with E-state index >= 15 is 0 Å². The van der Waals surface area contributed by atoms with Gasteiger partial charge in [-0.25, -0.2) is 10.1 Å². The number of rotatable bonds is 8. The van der Waals surface area contributed by atoms with Crippen molar-refractivity contribution in [1.29, 1.82) is 0 Å². The van der Waals surface area contributed by atoms with Crippen molar-refractivity contribution in [1.82, 2.24) is 14.9 Å². The predicted octanol–water partition coefficient (Wildman–Crippen LogP) is 2.79. The third-order valence-corrected chi connectivity index (χ3v) is 5.22. The quantitative estimate of drug-likeness (QED) is 0.220. The maximum atomic E-state index is 12.2. The number of hydrazone groups is 1. The predicted molar refractivity (Wildman–Crippen MR) is 120 cm³/mol. The van der Waals surface area contributed by atoms with E-state index in [1.54, 1.807) is 13.3 Å². The SMILES string of the molecule is COc1ccc(/C=N/Nc2nnc(SCC(=O)Nc3ccc(C)c(C)c3)n2N)cc1. The Morgan fingerprint density at radius 3 is 2.67 bits per heavy atom. The molecule has 0 atom stereocenters. The molecule has 9 nitrogen and oxygen atoms in total. The van der Waals surface area contributed by atoms with Gasteiger partial charge in [0, 0.05) is 5.69 Å². The van der Waals surface area contributed by atoms with E-state index in [0.717, 1.165) is 22.6 Å². The number of ether oxygens (including phenoxy) is 1. The summed E-state index contributed by atoms with van der Waals surface area (Å²) in [5.74, 6) is 7.01. The number of aryl methyl sites for hydroxylation is 2. The third kappa shape index (κ3) is 5.51. The van der Waals surface area contributed by atoms with Gasteiger partial charge in [0.2, 0.25) is 11.1 Å². The smallest absolute Gasteiger partial charge is 0.264 e. The number of amides is 1. The molecule has 3 rings (SSSR count). The van der Waals surface area contributed by atoms with Crippen LogP contribution in [0.3, 0.4) is 0 Å². The van der Waals surface area contributed by atoms with E-state index in [1.807, 2.05) is 56.3 Å². The number of methoxy groups -OCH3 is 1. The van der Waals surface area contributed by atoms with Gasteiger partial charge in [-0.15, -0.1) is 10.2 Å². The van der Waals surface area contributed by atoms with E-state index in [-0.39, 0.29) is 17.6 Å². The molecule has 0 fully saturated rings.